The Labute approximate surface area is 266 Å². The molecule has 216 valence electrons. The van der Waals surface area contributed by atoms with Crippen molar-refractivity contribution in [2.45, 2.75) is 38.5 Å². The van der Waals surface area contributed by atoms with Crippen molar-refractivity contribution in [1.82, 2.24) is 9.13 Å². The average Bonchev–Trinajstić information content (AvgIpc) is 3.75. The highest BCUT2D eigenvalue weighted by Gasteiger charge is 2.21. The molecule has 10 rings (SSSR count). The van der Waals surface area contributed by atoms with Gasteiger partial charge in [0.25, 0.3) is 0 Å². The Hall–Kier alpha value is -4.86. The zero-order valence-corrected chi connectivity index (χ0v) is 25.9. The third-order valence-electron chi connectivity index (χ3n) is 10.1. The lowest BCUT2D eigenvalue weighted by atomic mass is 9.98. The van der Waals surface area contributed by atoms with Crippen molar-refractivity contribution in [2.24, 2.45) is 0 Å². The van der Waals surface area contributed by atoms with Crippen molar-refractivity contribution >= 4 is 72.0 Å². The quantitative estimate of drug-likeness (QED) is 0.192. The molecule has 0 N–H and O–H groups in total. The molecule has 45 heavy (non-hydrogen) atoms. The fourth-order valence-corrected chi connectivity index (χ4v) is 9.16. The average molecular weight is 597 g/mol. The molecule has 3 heteroatoms. The van der Waals surface area contributed by atoms with Gasteiger partial charge in [-0.3, -0.25) is 0 Å². The number of hydrogen-bond donors (Lipinski definition) is 0. The second-order valence-corrected chi connectivity index (χ2v) is 13.7. The van der Waals surface area contributed by atoms with Gasteiger partial charge < -0.3 is 9.13 Å². The van der Waals surface area contributed by atoms with E-state index in [4.69, 9.17) is 0 Å². The summed E-state index contributed by atoms with van der Waals surface area (Å²) < 4.78 is 6.38. The van der Waals surface area contributed by atoms with Crippen molar-refractivity contribution in [1.29, 1.82) is 0 Å². The predicted molar refractivity (Wildman–Crippen MR) is 194 cm³/mol. The molecule has 3 aliphatic carbocycles. The number of thiophene rings is 1. The van der Waals surface area contributed by atoms with E-state index in [1.807, 2.05) is 11.3 Å². The number of fused-ring (bicyclic) bond motifs is 9. The minimum atomic E-state index is 1.06. The van der Waals surface area contributed by atoms with Crippen LogP contribution in [0.5, 0.6) is 0 Å². The van der Waals surface area contributed by atoms with Crippen LogP contribution in [0.15, 0.2) is 109 Å². The van der Waals surface area contributed by atoms with E-state index in [0.29, 0.717) is 0 Å². The highest BCUT2D eigenvalue weighted by molar-refractivity contribution is 7.20. The van der Waals surface area contributed by atoms with E-state index < -0.39 is 0 Å². The van der Waals surface area contributed by atoms with Crippen LogP contribution in [-0.4, -0.2) is 9.13 Å². The molecule has 0 aliphatic heterocycles. The molecule has 0 atom stereocenters. The molecule has 3 aliphatic rings. The Morgan fingerprint density at radius 3 is 2.22 bits per heavy atom. The second kappa shape index (κ2) is 9.82. The molecular weight excluding hydrogens is 565 g/mol. The first-order valence-electron chi connectivity index (χ1n) is 16.3. The molecule has 0 saturated carbocycles. The first-order chi connectivity index (χ1) is 22.3. The first kappa shape index (κ1) is 25.5. The summed E-state index contributed by atoms with van der Waals surface area (Å²) in [6.45, 7) is 0. The third-order valence-corrected chi connectivity index (χ3v) is 11.3. The minimum absolute atomic E-state index is 1.06. The number of nitrogens with zero attached hydrogens (tertiary/aromatic N) is 2. The maximum Gasteiger partial charge on any atom is 0.0541 e. The van der Waals surface area contributed by atoms with Crippen LogP contribution in [0.2, 0.25) is 0 Å². The van der Waals surface area contributed by atoms with E-state index in [2.05, 4.69) is 131 Å². The monoisotopic (exact) mass is 596 g/mol. The van der Waals surface area contributed by atoms with Crippen molar-refractivity contribution in [3.05, 3.63) is 131 Å². The molecule has 0 spiro atoms. The number of hydrogen-bond acceptors (Lipinski definition) is 1. The number of allylic oxidation sites excluding steroid dienone is 6. The summed E-state index contributed by atoms with van der Waals surface area (Å²) in [6.07, 6.45) is 22.9. The van der Waals surface area contributed by atoms with Crippen LogP contribution in [0.3, 0.4) is 0 Å². The number of rotatable bonds is 3. The maximum atomic E-state index is 2.54. The van der Waals surface area contributed by atoms with Gasteiger partial charge in [0.1, 0.15) is 0 Å². The summed E-state index contributed by atoms with van der Waals surface area (Å²) in [5, 5.41) is 5.39. The lowest BCUT2D eigenvalue weighted by Crippen LogP contribution is -2.03. The van der Waals surface area contributed by atoms with Crippen LogP contribution >= 0.6 is 11.3 Å². The highest BCUT2D eigenvalue weighted by atomic mass is 32.1. The number of para-hydroxylation sites is 1. The van der Waals surface area contributed by atoms with E-state index in [1.54, 1.807) is 0 Å². The van der Waals surface area contributed by atoms with Crippen molar-refractivity contribution < 1.29 is 0 Å². The third kappa shape index (κ3) is 3.80. The normalized spacial score (nSPS) is 15.8. The number of aromatic nitrogens is 2. The smallest absolute Gasteiger partial charge is 0.0541 e. The SMILES string of the molecule is C1=CC(n2c3ccccc3c3cc(-c4ccc5c(c4)c4c(n5-c5ccc6sc7c(c6c5)CCC=C7)CCC=C4)ccc32)=CCC1. The molecule has 0 bridgehead atoms. The molecule has 0 unspecified atom stereocenters. The van der Waals surface area contributed by atoms with Crippen LogP contribution < -0.4 is 0 Å². The van der Waals surface area contributed by atoms with E-state index in [0.717, 1.165) is 38.5 Å². The van der Waals surface area contributed by atoms with Gasteiger partial charge in [-0.2, -0.15) is 0 Å². The Kier molecular flexibility index (Phi) is 5.56. The first-order valence-corrected chi connectivity index (χ1v) is 17.1. The zero-order valence-electron chi connectivity index (χ0n) is 25.1. The lowest BCUT2D eigenvalue weighted by molar-refractivity contribution is 0.889. The van der Waals surface area contributed by atoms with Crippen molar-refractivity contribution in [3.63, 3.8) is 0 Å². The molecule has 0 amide bonds. The maximum absolute atomic E-state index is 2.54. The predicted octanol–water partition coefficient (Wildman–Crippen LogP) is 11.7. The van der Waals surface area contributed by atoms with E-state index >= 15 is 0 Å². The Morgan fingerprint density at radius 2 is 1.33 bits per heavy atom. The van der Waals surface area contributed by atoms with Crippen LogP contribution in [0.1, 0.15) is 47.4 Å². The van der Waals surface area contributed by atoms with Crippen LogP contribution in [0.4, 0.5) is 0 Å². The number of benzene rings is 4. The molecule has 3 aromatic heterocycles. The van der Waals surface area contributed by atoms with Gasteiger partial charge in [-0.15, -0.1) is 11.3 Å². The fourth-order valence-electron chi connectivity index (χ4n) is 8.00. The highest BCUT2D eigenvalue weighted by Crippen LogP contribution is 2.41. The van der Waals surface area contributed by atoms with Gasteiger partial charge in [0, 0.05) is 48.4 Å². The zero-order chi connectivity index (χ0) is 29.5. The van der Waals surface area contributed by atoms with Gasteiger partial charge in [0.2, 0.25) is 0 Å². The van der Waals surface area contributed by atoms with Crippen LogP contribution in [0.25, 0.3) is 77.5 Å². The molecule has 0 saturated heterocycles. The Morgan fingerprint density at radius 1 is 0.556 bits per heavy atom. The Balaban J connectivity index is 1.15. The van der Waals surface area contributed by atoms with Gasteiger partial charge in [-0.05, 0) is 121 Å². The summed E-state index contributed by atoms with van der Waals surface area (Å²) in [5.41, 5.74) is 13.3. The standard InChI is InChI=1S/C42H32N2S/c1-2-10-29(11-3-1)43-37-15-7-4-12-31(37)34-24-27(18-21-39(34)43)28-19-22-40-35(25-28)32-13-5-8-16-38(32)44(40)30-20-23-42-36(26-30)33-14-6-9-17-41(33)45-42/h2,4-5,7,9-13,15,17-26H,1,3,6,8,14,16H2. The van der Waals surface area contributed by atoms with E-state index in [1.165, 1.54) is 87.0 Å². The summed E-state index contributed by atoms with van der Waals surface area (Å²) in [5.74, 6) is 0. The molecule has 4 aromatic carbocycles. The van der Waals surface area contributed by atoms with E-state index in [9.17, 15) is 0 Å². The summed E-state index contributed by atoms with van der Waals surface area (Å²) in [7, 11) is 0. The van der Waals surface area contributed by atoms with E-state index in [-0.39, 0.29) is 0 Å². The second-order valence-electron chi connectivity index (χ2n) is 12.6. The molecule has 0 radical (unpaired) electrons. The fraction of sp³-hybridized carbons (Fsp3) is 0.143. The summed E-state index contributed by atoms with van der Waals surface area (Å²) in [4.78, 5) is 1.44. The van der Waals surface area contributed by atoms with Crippen molar-refractivity contribution in [2.75, 3.05) is 0 Å². The largest absolute Gasteiger partial charge is 0.313 e. The molecule has 2 nitrogen and oxygen atoms in total. The van der Waals surface area contributed by atoms with Gasteiger partial charge in [-0.1, -0.05) is 60.7 Å². The summed E-state index contributed by atoms with van der Waals surface area (Å²) in [6, 6.07) is 30.1. The molecular formula is C42H32N2S. The lowest BCUT2D eigenvalue weighted by Gasteiger charge is -2.14. The minimum Gasteiger partial charge on any atom is -0.313 e. The van der Waals surface area contributed by atoms with Gasteiger partial charge in [0.05, 0.1) is 16.6 Å². The van der Waals surface area contributed by atoms with Crippen molar-refractivity contribution in [3.8, 4) is 16.8 Å². The van der Waals surface area contributed by atoms with Gasteiger partial charge >= 0.3 is 0 Å². The van der Waals surface area contributed by atoms with Crippen LogP contribution in [-0.2, 0) is 12.8 Å². The van der Waals surface area contributed by atoms with Gasteiger partial charge in [0.15, 0.2) is 0 Å². The van der Waals surface area contributed by atoms with Gasteiger partial charge in [-0.25, -0.2) is 0 Å². The molecule has 3 heterocycles. The molecule has 7 aromatic rings. The Bertz CT molecular complexity index is 2490. The number of aryl methyl sites for hydroxylation is 1. The topological polar surface area (TPSA) is 9.86 Å². The molecule has 0 fully saturated rings. The summed E-state index contributed by atoms with van der Waals surface area (Å²) >= 11 is 1.93. The van der Waals surface area contributed by atoms with Crippen LogP contribution in [0, 0.1) is 0 Å².